The number of nitrogens with one attached hydrogen (secondary N) is 1. The van der Waals surface area contributed by atoms with Crippen LogP contribution in [0.25, 0.3) is 0 Å². The van der Waals surface area contributed by atoms with Crippen molar-refractivity contribution in [2.24, 2.45) is 5.10 Å². The van der Waals surface area contributed by atoms with Gasteiger partial charge in [0.15, 0.2) is 5.69 Å². The molecule has 1 aromatic carbocycles. The summed E-state index contributed by atoms with van der Waals surface area (Å²) in [5, 5.41) is 4.65. The number of rotatable bonds is 6. The molecule has 8 nitrogen and oxygen atoms in total. The summed E-state index contributed by atoms with van der Waals surface area (Å²) in [6.45, 7) is 9.10. The molecule has 0 aliphatic carbocycles. The Kier molecular flexibility index (Phi) is 7.82. The summed E-state index contributed by atoms with van der Waals surface area (Å²) < 4.78 is 45.8. The summed E-state index contributed by atoms with van der Waals surface area (Å²) in [5.74, 6) is -1.15. The third kappa shape index (κ3) is 5.76. The van der Waals surface area contributed by atoms with Crippen LogP contribution >= 0.6 is 0 Å². The number of ether oxygens (including phenoxy) is 1. The van der Waals surface area contributed by atoms with Gasteiger partial charge in [-0.2, -0.15) is 18.3 Å². The van der Waals surface area contributed by atoms with E-state index in [1.165, 1.54) is 12.5 Å². The van der Waals surface area contributed by atoms with E-state index in [2.05, 4.69) is 51.4 Å². The quantitative estimate of drug-likeness (QED) is 0.580. The normalized spacial score (nSPS) is 20.9. The van der Waals surface area contributed by atoms with Gasteiger partial charge in [-0.1, -0.05) is 30.3 Å². The van der Waals surface area contributed by atoms with Gasteiger partial charge >= 0.3 is 12.1 Å². The number of halogens is 3. The zero-order chi connectivity index (χ0) is 26.7. The molecular weight excluding hydrogens is 485 g/mol. The summed E-state index contributed by atoms with van der Waals surface area (Å²) in [6.07, 6.45) is -3.29. The van der Waals surface area contributed by atoms with Gasteiger partial charge in [0.05, 0.1) is 12.3 Å². The molecule has 1 aromatic heterocycles. The van der Waals surface area contributed by atoms with E-state index < -0.39 is 23.4 Å². The molecule has 0 radical (unpaired) electrons. The Bertz CT molecular complexity index is 1200. The van der Waals surface area contributed by atoms with Gasteiger partial charge in [-0.05, 0) is 44.4 Å². The Morgan fingerprint density at radius 1 is 1.19 bits per heavy atom. The molecule has 2 atom stereocenters. The minimum Gasteiger partial charge on any atom is -0.462 e. The van der Waals surface area contributed by atoms with Crippen molar-refractivity contribution in [3.8, 4) is 0 Å². The molecule has 2 aliphatic heterocycles. The van der Waals surface area contributed by atoms with Gasteiger partial charge < -0.3 is 9.64 Å². The summed E-state index contributed by atoms with van der Waals surface area (Å²) in [4.78, 5) is 23.8. The number of piperazine rings is 1. The summed E-state index contributed by atoms with van der Waals surface area (Å²) >= 11 is 0. The highest BCUT2D eigenvalue weighted by atomic mass is 19.4. The Morgan fingerprint density at radius 3 is 2.57 bits per heavy atom. The molecule has 0 bridgehead atoms. The fraction of sp³-hybridized carbons (Fsp3) is 0.462. The van der Waals surface area contributed by atoms with Crippen LogP contribution in [0.15, 0.2) is 52.8 Å². The first kappa shape index (κ1) is 26.6. The van der Waals surface area contributed by atoms with Crippen LogP contribution in [0.1, 0.15) is 49.3 Å². The number of nitrogens with zero attached hydrogens (tertiary/aromatic N) is 5. The van der Waals surface area contributed by atoms with Gasteiger partial charge in [-0.3, -0.25) is 10.3 Å². The van der Waals surface area contributed by atoms with Crippen molar-refractivity contribution in [1.29, 1.82) is 0 Å². The second-order valence-corrected chi connectivity index (χ2v) is 9.25. The van der Waals surface area contributed by atoms with E-state index in [0.29, 0.717) is 19.6 Å². The average molecular weight is 517 g/mol. The standard InChI is InChI=1S/C26H31F3N6O2/c1-5-37-24(36)20-14-30-25(31-22(20)26(27,28)29)35-12-11-34(15-16(35)2)23-18(4)17(3)21(32-33-23)13-19-9-7-6-8-10-19/h6-10,14,16,23,33H,5,11-13,15H2,1-4H3/t16-,23?/m1/s1. The molecular formula is C26H31F3N6O2. The minimum atomic E-state index is -4.81. The fourth-order valence-corrected chi connectivity index (χ4v) is 4.67. The van der Waals surface area contributed by atoms with E-state index in [4.69, 9.17) is 4.74 Å². The molecule has 2 aromatic rings. The van der Waals surface area contributed by atoms with Crippen molar-refractivity contribution in [2.75, 3.05) is 31.1 Å². The number of hydrazone groups is 1. The second-order valence-electron chi connectivity index (χ2n) is 9.25. The van der Waals surface area contributed by atoms with E-state index in [9.17, 15) is 18.0 Å². The van der Waals surface area contributed by atoms with Gasteiger partial charge in [-0.15, -0.1) is 0 Å². The van der Waals surface area contributed by atoms with Gasteiger partial charge in [0.2, 0.25) is 5.95 Å². The zero-order valence-electron chi connectivity index (χ0n) is 21.3. The smallest absolute Gasteiger partial charge is 0.434 e. The Hall–Kier alpha value is -3.47. The molecule has 4 rings (SSSR count). The third-order valence-electron chi connectivity index (χ3n) is 6.79. The molecule has 3 heterocycles. The largest absolute Gasteiger partial charge is 0.462 e. The van der Waals surface area contributed by atoms with Crippen molar-refractivity contribution in [1.82, 2.24) is 20.3 Å². The van der Waals surface area contributed by atoms with E-state index in [1.54, 1.807) is 4.90 Å². The molecule has 1 saturated heterocycles. The lowest BCUT2D eigenvalue weighted by molar-refractivity contribution is -0.141. The number of carbonyl (C=O) groups excluding carboxylic acids is 1. The monoisotopic (exact) mass is 516 g/mol. The van der Waals surface area contributed by atoms with Crippen LogP contribution in [0.5, 0.6) is 0 Å². The van der Waals surface area contributed by atoms with Crippen molar-refractivity contribution in [2.45, 2.75) is 52.5 Å². The van der Waals surface area contributed by atoms with Gasteiger partial charge in [0, 0.05) is 38.3 Å². The number of allylic oxidation sites excluding steroid dienone is 1. The van der Waals surface area contributed by atoms with E-state index in [-0.39, 0.29) is 24.8 Å². The molecule has 2 aliphatic rings. The Labute approximate surface area is 214 Å². The van der Waals surface area contributed by atoms with Crippen LogP contribution in [0.3, 0.4) is 0 Å². The number of carbonyl (C=O) groups is 1. The number of anilines is 1. The van der Waals surface area contributed by atoms with Crippen LogP contribution in [-0.2, 0) is 17.3 Å². The van der Waals surface area contributed by atoms with Gasteiger partial charge in [-0.25, -0.2) is 14.8 Å². The molecule has 0 saturated carbocycles. The molecule has 1 N–H and O–H groups in total. The molecule has 11 heteroatoms. The summed E-state index contributed by atoms with van der Waals surface area (Å²) in [6, 6.07) is 9.97. The van der Waals surface area contributed by atoms with Crippen LogP contribution in [0.4, 0.5) is 19.1 Å². The highest BCUT2D eigenvalue weighted by Crippen LogP contribution is 2.32. The lowest BCUT2D eigenvalue weighted by atomic mass is 9.96. The second kappa shape index (κ2) is 10.9. The molecule has 198 valence electrons. The highest BCUT2D eigenvalue weighted by Gasteiger charge is 2.40. The summed E-state index contributed by atoms with van der Waals surface area (Å²) in [7, 11) is 0. The van der Waals surface area contributed by atoms with Crippen LogP contribution in [0.2, 0.25) is 0 Å². The number of aromatic nitrogens is 2. The maximum atomic E-state index is 13.7. The number of alkyl halides is 3. The number of benzene rings is 1. The molecule has 0 spiro atoms. The number of esters is 1. The van der Waals surface area contributed by atoms with Crippen LogP contribution < -0.4 is 10.3 Å². The number of hydrogen-bond donors (Lipinski definition) is 1. The predicted octanol–water partition coefficient (Wildman–Crippen LogP) is 4.05. The van der Waals surface area contributed by atoms with Crippen molar-refractivity contribution < 1.29 is 22.7 Å². The predicted molar refractivity (Wildman–Crippen MR) is 134 cm³/mol. The molecule has 37 heavy (non-hydrogen) atoms. The Balaban J connectivity index is 1.48. The molecule has 1 unspecified atom stereocenters. The Morgan fingerprint density at radius 2 is 1.92 bits per heavy atom. The van der Waals surface area contributed by atoms with Crippen molar-refractivity contribution in [3.63, 3.8) is 0 Å². The minimum absolute atomic E-state index is 0.0444. The van der Waals surface area contributed by atoms with Gasteiger partial charge in [0.1, 0.15) is 11.7 Å². The van der Waals surface area contributed by atoms with E-state index >= 15 is 0 Å². The highest BCUT2D eigenvalue weighted by molar-refractivity contribution is 6.02. The van der Waals surface area contributed by atoms with Crippen molar-refractivity contribution in [3.05, 3.63) is 64.5 Å². The first-order valence-corrected chi connectivity index (χ1v) is 12.3. The zero-order valence-corrected chi connectivity index (χ0v) is 21.3. The van der Waals surface area contributed by atoms with E-state index in [1.807, 2.05) is 25.1 Å². The number of hydrogen-bond acceptors (Lipinski definition) is 8. The maximum absolute atomic E-state index is 13.7. The van der Waals surface area contributed by atoms with Crippen LogP contribution in [0, 0.1) is 0 Å². The topological polar surface area (TPSA) is 83.0 Å². The van der Waals surface area contributed by atoms with Crippen molar-refractivity contribution >= 4 is 17.6 Å². The summed E-state index contributed by atoms with van der Waals surface area (Å²) in [5.41, 5.74) is 5.78. The molecule has 0 amide bonds. The lowest BCUT2D eigenvalue weighted by Gasteiger charge is -2.44. The van der Waals surface area contributed by atoms with E-state index in [0.717, 1.165) is 29.5 Å². The maximum Gasteiger partial charge on any atom is 0.434 e. The SMILES string of the molecule is CCOC(=O)c1cnc(N2CCN(C3NN=C(Cc4ccccc4)C(C)=C3C)C[C@H]2C)nc1C(F)(F)F. The fourth-order valence-electron chi connectivity index (χ4n) is 4.67. The van der Waals surface area contributed by atoms with Gasteiger partial charge in [0.25, 0.3) is 0 Å². The average Bonchev–Trinajstić information content (AvgIpc) is 2.87. The first-order valence-electron chi connectivity index (χ1n) is 12.3. The molecule has 1 fully saturated rings. The lowest BCUT2D eigenvalue weighted by Crippen LogP contribution is -2.59. The first-order chi connectivity index (χ1) is 17.6. The van der Waals surface area contributed by atoms with Crippen LogP contribution in [-0.4, -0.2) is 65.0 Å². The third-order valence-corrected chi connectivity index (χ3v) is 6.79.